The van der Waals surface area contributed by atoms with E-state index >= 15 is 0 Å². The number of nitrogens with zero attached hydrogens (tertiary/aromatic N) is 2. The number of nitrogens with one attached hydrogen (secondary N) is 1. The van der Waals surface area contributed by atoms with Gasteiger partial charge in [-0.15, -0.1) is 0 Å². The van der Waals surface area contributed by atoms with Crippen LogP contribution in [0.1, 0.15) is 23.7 Å². The fraction of sp³-hybridized carbons (Fsp3) is 0.190. The summed E-state index contributed by atoms with van der Waals surface area (Å²) in [5, 5.41) is 2.87. The number of carbonyl (C=O) groups excluding carboxylic acids is 1. The minimum atomic E-state index is -4.61. The highest BCUT2D eigenvalue weighted by atomic mass is 19.4. The minimum Gasteiger partial charge on any atom is -0.369 e. The Hall–Kier alpha value is -3.42. The molecule has 1 aromatic heterocycles. The van der Waals surface area contributed by atoms with E-state index < -0.39 is 17.8 Å². The molecule has 3 aromatic rings. The average molecular weight is 400 g/mol. The summed E-state index contributed by atoms with van der Waals surface area (Å²) in [5.41, 5.74) is 6.85. The maximum atomic E-state index is 13.4. The lowest BCUT2D eigenvalue weighted by atomic mass is 10.1. The van der Waals surface area contributed by atoms with Gasteiger partial charge in [0.15, 0.2) is 11.5 Å². The Morgan fingerprint density at radius 3 is 2.38 bits per heavy atom. The van der Waals surface area contributed by atoms with Crippen molar-refractivity contribution >= 4 is 17.4 Å². The molecule has 0 unspecified atom stereocenters. The zero-order valence-corrected chi connectivity index (χ0v) is 15.6. The number of nitrogens with two attached hydrogens (primary N) is 1. The van der Waals surface area contributed by atoms with Gasteiger partial charge in [-0.3, -0.25) is 4.79 Å². The Balaban J connectivity index is 1.96. The summed E-state index contributed by atoms with van der Waals surface area (Å²) >= 11 is 0. The Morgan fingerprint density at radius 1 is 1.03 bits per heavy atom. The van der Waals surface area contributed by atoms with Crippen LogP contribution in [0.25, 0.3) is 11.4 Å². The first-order chi connectivity index (χ1) is 13.7. The first kappa shape index (κ1) is 20.3. The lowest BCUT2D eigenvalue weighted by Gasteiger charge is -2.13. The molecule has 0 radical (unpaired) electrons. The fourth-order valence-corrected chi connectivity index (χ4v) is 2.77. The average Bonchev–Trinajstić information content (AvgIpc) is 2.68. The second-order valence-corrected chi connectivity index (χ2v) is 6.48. The maximum Gasteiger partial charge on any atom is 0.433 e. The van der Waals surface area contributed by atoms with Crippen LogP contribution in [0, 0.1) is 0 Å². The van der Waals surface area contributed by atoms with Crippen molar-refractivity contribution in [2.45, 2.75) is 25.9 Å². The molecule has 2 aromatic carbocycles. The number of amides is 1. The van der Waals surface area contributed by atoms with E-state index in [9.17, 15) is 18.0 Å². The molecule has 0 saturated heterocycles. The number of primary amides is 1. The highest BCUT2D eigenvalue weighted by molar-refractivity contribution is 5.76. The number of benzene rings is 2. The molecule has 0 saturated carbocycles. The van der Waals surface area contributed by atoms with Gasteiger partial charge >= 0.3 is 6.18 Å². The second kappa shape index (κ2) is 8.30. The smallest absolute Gasteiger partial charge is 0.369 e. The van der Waals surface area contributed by atoms with E-state index in [-0.39, 0.29) is 18.1 Å². The highest BCUT2D eigenvalue weighted by Gasteiger charge is 2.34. The largest absolute Gasteiger partial charge is 0.433 e. The van der Waals surface area contributed by atoms with Crippen molar-refractivity contribution in [3.8, 4) is 11.4 Å². The molecule has 0 aliphatic heterocycles. The van der Waals surface area contributed by atoms with Gasteiger partial charge in [-0.25, -0.2) is 9.97 Å². The number of aromatic nitrogens is 2. The topological polar surface area (TPSA) is 80.9 Å². The standard InChI is InChI=1S/C21H19F3N4O/c1-2-13-4-3-5-15(10-13)20-27-17(21(22,23)24)12-19(28-20)26-16-8-6-14(7-9-16)11-18(25)29/h3-10,12H,2,11H2,1H3,(H2,25,29)(H,26,27,28). The highest BCUT2D eigenvalue weighted by Crippen LogP contribution is 2.31. The first-order valence-electron chi connectivity index (χ1n) is 8.94. The molecule has 3 rings (SSSR count). The Bertz CT molecular complexity index is 1020. The van der Waals surface area contributed by atoms with Gasteiger partial charge in [0.25, 0.3) is 0 Å². The van der Waals surface area contributed by atoms with Crippen LogP contribution in [0.2, 0.25) is 0 Å². The number of halogens is 3. The monoisotopic (exact) mass is 400 g/mol. The van der Waals surface area contributed by atoms with Gasteiger partial charge in [0.2, 0.25) is 5.91 Å². The molecule has 0 aliphatic rings. The lowest BCUT2D eigenvalue weighted by Crippen LogP contribution is -2.13. The van der Waals surface area contributed by atoms with Crippen LogP contribution in [-0.2, 0) is 23.8 Å². The zero-order chi connectivity index (χ0) is 21.0. The summed E-state index contributed by atoms with van der Waals surface area (Å²) in [4.78, 5) is 19.0. The number of alkyl halides is 3. The Morgan fingerprint density at radius 2 is 1.76 bits per heavy atom. The van der Waals surface area contributed by atoms with E-state index in [1.54, 1.807) is 42.5 Å². The van der Waals surface area contributed by atoms with Gasteiger partial charge < -0.3 is 11.1 Å². The molecule has 29 heavy (non-hydrogen) atoms. The van der Waals surface area contributed by atoms with Crippen LogP contribution >= 0.6 is 0 Å². The molecule has 1 heterocycles. The van der Waals surface area contributed by atoms with Crippen molar-refractivity contribution in [3.63, 3.8) is 0 Å². The summed E-state index contributed by atoms with van der Waals surface area (Å²) in [7, 11) is 0. The molecule has 0 spiro atoms. The summed E-state index contributed by atoms with van der Waals surface area (Å²) in [5.74, 6) is -0.454. The number of anilines is 2. The SMILES string of the molecule is CCc1cccc(-c2nc(Nc3ccc(CC(N)=O)cc3)cc(C(F)(F)F)n2)c1. The third-order valence-corrected chi connectivity index (χ3v) is 4.21. The van der Waals surface area contributed by atoms with Gasteiger partial charge in [-0.2, -0.15) is 13.2 Å². The van der Waals surface area contributed by atoms with E-state index in [2.05, 4.69) is 15.3 Å². The molecule has 8 heteroatoms. The van der Waals surface area contributed by atoms with E-state index in [4.69, 9.17) is 5.73 Å². The van der Waals surface area contributed by atoms with Crippen LogP contribution in [0.5, 0.6) is 0 Å². The third-order valence-electron chi connectivity index (χ3n) is 4.21. The van der Waals surface area contributed by atoms with Gasteiger partial charge in [0.05, 0.1) is 6.42 Å². The van der Waals surface area contributed by atoms with Crippen molar-refractivity contribution in [1.82, 2.24) is 9.97 Å². The molecule has 5 nitrogen and oxygen atoms in total. The molecule has 0 bridgehead atoms. The van der Waals surface area contributed by atoms with Crippen LogP contribution in [-0.4, -0.2) is 15.9 Å². The van der Waals surface area contributed by atoms with Crippen molar-refractivity contribution in [2.24, 2.45) is 5.73 Å². The predicted molar refractivity (Wildman–Crippen MR) is 104 cm³/mol. The van der Waals surface area contributed by atoms with Crippen molar-refractivity contribution < 1.29 is 18.0 Å². The Labute approximate surface area is 165 Å². The van der Waals surface area contributed by atoms with E-state index in [0.29, 0.717) is 16.8 Å². The van der Waals surface area contributed by atoms with Crippen molar-refractivity contribution in [1.29, 1.82) is 0 Å². The van der Waals surface area contributed by atoms with E-state index in [0.717, 1.165) is 18.1 Å². The van der Waals surface area contributed by atoms with Crippen LogP contribution in [0.15, 0.2) is 54.6 Å². The van der Waals surface area contributed by atoms with Gasteiger partial charge in [0, 0.05) is 17.3 Å². The van der Waals surface area contributed by atoms with E-state index in [1.165, 1.54) is 0 Å². The molecule has 1 amide bonds. The van der Waals surface area contributed by atoms with Gasteiger partial charge in [-0.1, -0.05) is 37.3 Å². The molecule has 0 fully saturated rings. The first-order valence-corrected chi connectivity index (χ1v) is 8.94. The van der Waals surface area contributed by atoms with Crippen LogP contribution in [0.3, 0.4) is 0 Å². The molecule has 0 aliphatic carbocycles. The molecular formula is C21H19F3N4O. The molecule has 0 atom stereocenters. The number of hydrogen-bond acceptors (Lipinski definition) is 4. The fourth-order valence-electron chi connectivity index (χ4n) is 2.77. The number of hydrogen-bond donors (Lipinski definition) is 2. The third kappa shape index (κ3) is 5.31. The quantitative estimate of drug-likeness (QED) is 0.639. The minimum absolute atomic E-state index is 0.0111. The number of rotatable bonds is 6. The molecule has 150 valence electrons. The number of aryl methyl sites for hydroxylation is 1. The van der Waals surface area contributed by atoms with Gasteiger partial charge in [-0.05, 0) is 35.7 Å². The normalized spacial score (nSPS) is 11.3. The summed E-state index contributed by atoms with van der Waals surface area (Å²) in [6.45, 7) is 1.96. The van der Waals surface area contributed by atoms with Crippen molar-refractivity contribution in [3.05, 3.63) is 71.4 Å². The lowest BCUT2D eigenvalue weighted by molar-refractivity contribution is -0.141. The predicted octanol–water partition coefficient (Wildman–Crippen LogP) is 4.50. The molecular weight excluding hydrogens is 381 g/mol. The van der Waals surface area contributed by atoms with E-state index in [1.807, 2.05) is 13.0 Å². The maximum absolute atomic E-state index is 13.4. The van der Waals surface area contributed by atoms with Crippen LogP contribution in [0.4, 0.5) is 24.7 Å². The summed E-state index contributed by atoms with van der Waals surface area (Å²) in [6.07, 6.45) is -3.78. The summed E-state index contributed by atoms with van der Waals surface area (Å²) in [6, 6.07) is 14.6. The van der Waals surface area contributed by atoms with Crippen molar-refractivity contribution in [2.75, 3.05) is 5.32 Å². The molecule has 3 N–H and O–H groups in total. The van der Waals surface area contributed by atoms with Crippen LogP contribution < -0.4 is 11.1 Å². The number of carbonyl (C=O) groups is 1. The Kier molecular flexibility index (Phi) is 5.81. The van der Waals surface area contributed by atoms with Gasteiger partial charge in [0.1, 0.15) is 5.82 Å². The summed E-state index contributed by atoms with van der Waals surface area (Å²) < 4.78 is 40.1. The second-order valence-electron chi connectivity index (χ2n) is 6.48. The zero-order valence-electron chi connectivity index (χ0n) is 15.6.